The van der Waals surface area contributed by atoms with Gasteiger partial charge in [0.15, 0.2) is 0 Å². The van der Waals surface area contributed by atoms with Crippen molar-refractivity contribution >= 4 is 33.5 Å². The molecule has 0 N–H and O–H groups in total. The van der Waals surface area contributed by atoms with Crippen LogP contribution in [0.1, 0.15) is 27.0 Å². The SMILES string of the molecule is Cc1cc(C)c(-c2ccccc2)c(C)c1C(=O)O[PH+]=O.[Li]. The van der Waals surface area contributed by atoms with Crippen molar-refractivity contribution < 1.29 is 13.9 Å². The van der Waals surface area contributed by atoms with Crippen LogP contribution in [0.5, 0.6) is 0 Å². The van der Waals surface area contributed by atoms with E-state index in [1.54, 1.807) is 0 Å². The van der Waals surface area contributed by atoms with E-state index in [9.17, 15) is 9.36 Å². The van der Waals surface area contributed by atoms with Crippen molar-refractivity contribution in [3.05, 3.63) is 58.7 Å². The van der Waals surface area contributed by atoms with E-state index in [1.165, 1.54) is 0 Å². The molecule has 0 aliphatic heterocycles. The molecule has 0 saturated heterocycles. The summed E-state index contributed by atoms with van der Waals surface area (Å²) in [5.41, 5.74) is 5.38. The van der Waals surface area contributed by atoms with Gasteiger partial charge < -0.3 is 0 Å². The zero-order valence-corrected chi connectivity index (χ0v) is 13.7. The van der Waals surface area contributed by atoms with Crippen LogP contribution in [0.2, 0.25) is 0 Å². The third-order valence-corrected chi connectivity index (χ3v) is 3.64. The molecule has 2 rings (SSSR count). The number of benzene rings is 2. The molecular formula is C16H16LiO3P+. The molecule has 0 bridgehead atoms. The number of hydrogen-bond donors (Lipinski definition) is 0. The molecule has 0 fully saturated rings. The minimum atomic E-state index is -1.08. The second kappa shape index (κ2) is 7.57. The minimum absolute atomic E-state index is 0. The maximum atomic E-state index is 12.0. The zero-order valence-electron chi connectivity index (χ0n) is 12.7. The van der Waals surface area contributed by atoms with E-state index in [1.807, 2.05) is 57.2 Å². The number of rotatable bonds is 3. The molecule has 1 unspecified atom stereocenters. The van der Waals surface area contributed by atoms with Crippen molar-refractivity contribution in [3.63, 3.8) is 0 Å². The Morgan fingerprint density at radius 1 is 1.05 bits per heavy atom. The Hall–Kier alpha value is -1.39. The van der Waals surface area contributed by atoms with Crippen molar-refractivity contribution in [3.8, 4) is 11.1 Å². The minimum Gasteiger partial charge on any atom is -0.241 e. The van der Waals surface area contributed by atoms with Crippen LogP contribution in [0.3, 0.4) is 0 Å². The summed E-state index contributed by atoms with van der Waals surface area (Å²) in [5.74, 6) is -0.537. The first-order valence-corrected chi connectivity index (χ1v) is 7.12. The normalized spacial score (nSPS) is 10.0. The topological polar surface area (TPSA) is 43.4 Å². The summed E-state index contributed by atoms with van der Waals surface area (Å²) in [6.45, 7) is 5.78. The molecule has 21 heavy (non-hydrogen) atoms. The molecule has 0 amide bonds. The van der Waals surface area contributed by atoms with Crippen LogP contribution >= 0.6 is 8.69 Å². The summed E-state index contributed by atoms with van der Waals surface area (Å²) in [5, 5.41) is 0. The fourth-order valence-corrected chi connectivity index (χ4v) is 2.82. The van der Waals surface area contributed by atoms with E-state index in [0.29, 0.717) is 5.56 Å². The summed E-state index contributed by atoms with van der Waals surface area (Å²) < 4.78 is 15.2. The van der Waals surface area contributed by atoms with Crippen molar-refractivity contribution in [1.29, 1.82) is 0 Å². The maximum absolute atomic E-state index is 12.0. The fourth-order valence-electron chi connectivity index (χ4n) is 2.64. The molecule has 0 saturated carbocycles. The Morgan fingerprint density at radius 3 is 2.24 bits per heavy atom. The molecule has 103 valence electrons. The monoisotopic (exact) mass is 294 g/mol. The molecule has 5 heteroatoms. The molecule has 2 aromatic rings. The summed E-state index contributed by atoms with van der Waals surface area (Å²) in [6, 6.07) is 11.9. The van der Waals surface area contributed by atoms with Gasteiger partial charge in [-0.15, -0.1) is 0 Å². The molecular weight excluding hydrogens is 278 g/mol. The van der Waals surface area contributed by atoms with Gasteiger partial charge in [0, 0.05) is 18.9 Å². The van der Waals surface area contributed by atoms with Crippen molar-refractivity contribution in [1.82, 2.24) is 0 Å². The predicted molar refractivity (Wildman–Crippen MR) is 86.3 cm³/mol. The second-order valence-electron chi connectivity index (χ2n) is 4.72. The Bertz CT molecular complexity index is 669. The van der Waals surface area contributed by atoms with Crippen LogP contribution in [0, 0.1) is 20.8 Å². The Kier molecular flexibility index (Phi) is 6.36. The number of aryl methyl sites for hydroxylation is 2. The summed E-state index contributed by atoms with van der Waals surface area (Å²) in [6.07, 6.45) is 0. The van der Waals surface area contributed by atoms with E-state index in [4.69, 9.17) is 0 Å². The summed E-state index contributed by atoms with van der Waals surface area (Å²) >= 11 is 0. The van der Waals surface area contributed by atoms with Crippen LogP contribution in [0.15, 0.2) is 36.4 Å². The van der Waals surface area contributed by atoms with Crippen LogP contribution in [-0.2, 0) is 9.09 Å². The fraction of sp³-hybridized carbons (Fsp3) is 0.188. The van der Waals surface area contributed by atoms with E-state index in [2.05, 4.69) is 4.52 Å². The molecule has 0 spiro atoms. The summed E-state index contributed by atoms with van der Waals surface area (Å²) in [7, 11) is -1.08. The molecule has 1 radical (unpaired) electrons. The quantitative estimate of drug-likeness (QED) is 0.635. The number of carbonyl (C=O) groups is 1. The molecule has 3 nitrogen and oxygen atoms in total. The van der Waals surface area contributed by atoms with Crippen LogP contribution in [0.25, 0.3) is 11.1 Å². The van der Waals surface area contributed by atoms with Crippen LogP contribution < -0.4 is 0 Å². The number of hydrogen-bond acceptors (Lipinski definition) is 3. The first kappa shape index (κ1) is 17.7. The van der Waals surface area contributed by atoms with Crippen molar-refractivity contribution in [2.24, 2.45) is 0 Å². The van der Waals surface area contributed by atoms with Crippen molar-refractivity contribution in [2.75, 3.05) is 0 Å². The van der Waals surface area contributed by atoms with Gasteiger partial charge >= 0.3 is 14.7 Å². The first-order valence-electron chi connectivity index (χ1n) is 6.30. The molecule has 1 atom stereocenters. The average Bonchev–Trinajstić information content (AvgIpc) is 2.39. The molecule has 0 aromatic heterocycles. The van der Waals surface area contributed by atoms with Crippen molar-refractivity contribution in [2.45, 2.75) is 20.8 Å². The zero-order chi connectivity index (χ0) is 14.7. The second-order valence-corrected chi connectivity index (χ2v) is 5.10. The van der Waals surface area contributed by atoms with Gasteiger partial charge in [-0.1, -0.05) is 36.4 Å². The smallest absolute Gasteiger partial charge is 0.241 e. The first-order chi connectivity index (χ1) is 9.56. The van der Waals surface area contributed by atoms with Gasteiger partial charge in [-0.3, -0.25) is 0 Å². The molecule has 2 aromatic carbocycles. The van der Waals surface area contributed by atoms with Crippen LogP contribution in [0.4, 0.5) is 0 Å². The van der Waals surface area contributed by atoms with Crippen LogP contribution in [-0.4, -0.2) is 24.8 Å². The Labute approximate surface area is 138 Å². The third-order valence-electron chi connectivity index (χ3n) is 3.37. The van der Waals surface area contributed by atoms with E-state index < -0.39 is 14.7 Å². The molecule has 0 aliphatic carbocycles. The van der Waals surface area contributed by atoms with Gasteiger partial charge in [-0.05, 0) is 53.2 Å². The average molecular weight is 294 g/mol. The maximum Gasteiger partial charge on any atom is 0.545 e. The van der Waals surface area contributed by atoms with Gasteiger partial charge in [0.05, 0.1) is 5.56 Å². The van der Waals surface area contributed by atoms with Gasteiger partial charge in [0.2, 0.25) is 0 Å². The molecule has 0 aliphatic rings. The predicted octanol–water partition coefficient (Wildman–Crippen LogP) is 3.99. The standard InChI is InChI=1S/C16H16O3P.Li/c1-10-9-11(2)15(16(17)19-20-18)12(3)14(10)13-7-5-4-6-8-13;/h4-9,20H,1-3H3;/q+1;. The third kappa shape index (κ3) is 3.63. The van der Waals surface area contributed by atoms with Gasteiger partial charge in [-0.25, -0.2) is 9.32 Å². The van der Waals surface area contributed by atoms with E-state index in [0.717, 1.165) is 27.8 Å². The van der Waals surface area contributed by atoms with Gasteiger partial charge in [-0.2, -0.15) is 0 Å². The number of carbonyl (C=O) groups excluding carboxylic acids is 1. The largest absolute Gasteiger partial charge is 0.545 e. The Balaban J connectivity index is 0.00000220. The molecule has 0 heterocycles. The van der Waals surface area contributed by atoms with Gasteiger partial charge in [0.25, 0.3) is 0 Å². The van der Waals surface area contributed by atoms with E-state index in [-0.39, 0.29) is 18.9 Å². The van der Waals surface area contributed by atoms with Gasteiger partial charge in [0.1, 0.15) is 0 Å². The van der Waals surface area contributed by atoms with E-state index >= 15 is 0 Å². The summed E-state index contributed by atoms with van der Waals surface area (Å²) in [4.78, 5) is 12.0. The Morgan fingerprint density at radius 2 is 1.67 bits per heavy atom.